The van der Waals surface area contributed by atoms with Crippen LogP contribution >= 0.6 is 0 Å². The van der Waals surface area contributed by atoms with Gasteiger partial charge in [-0.3, -0.25) is 9.10 Å². The van der Waals surface area contributed by atoms with Crippen LogP contribution in [0.5, 0.6) is 0 Å². The van der Waals surface area contributed by atoms with Crippen LogP contribution in [0, 0.1) is 0 Å². The molecule has 0 bridgehead atoms. The molecule has 1 aromatic rings. The first kappa shape index (κ1) is 17.0. The van der Waals surface area contributed by atoms with E-state index in [1.807, 2.05) is 6.07 Å². The molecule has 0 unspecified atom stereocenters. The van der Waals surface area contributed by atoms with Crippen LogP contribution in [-0.2, 0) is 16.4 Å². The third-order valence-corrected chi connectivity index (χ3v) is 5.63. The van der Waals surface area contributed by atoms with Gasteiger partial charge in [0, 0.05) is 25.2 Å². The smallest absolute Gasteiger partial charge is 0.251 e. The maximum absolute atomic E-state index is 12.4. The van der Waals surface area contributed by atoms with Gasteiger partial charge in [-0.2, -0.15) is 0 Å². The van der Waals surface area contributed by atoms with Crippen LogP contribution in [0.1, 0.15) is 28.8 Å². The fourth-order valence-corrected chi connectivity index (χ4v) is 4.17. The highest BCUT2D eigenvalue weighted by molar-refractivity contribution is 7.92. The molecule has 1 aromatic carbocycles. The minimum Gasteiger partial charge on any atom is -0.348 e. The average Bonchev–Trinajstić information content (AvgIpc) is 2.58. The van der Waals surface area contributed by atoms with Crippen molar-refractivity contribution in [3.63, 3.8) is 0 Å². The molecule has 2 aliphatic rings. The van der Waals surface area contributed by atoms with Crippen LogP contribution in [0.25, 0.3) is 0 Å². The zero-order valence-corrected chi connectivity index (χ0v) is 14.7. The number of hydrogen-bond acceptors (Lipinski definition) is 4. The predicted molar refractivity (Wildman–Crippen MR) is 94.9 cm³/mol. The Balaban J connectivity index is 1.73. The summed E-state index contributed by atoms with van der Waals surface area (Å²) in [5, 5.41) is 6.19. The summed E-state index contributed by atoms with van der Waals surface area (Å²) in [6, 6.07) is 5.27. The highest BCUT2D eigenvalue weighted by atomic mass is 32.2. The van der Waals surface area contributed by atoms with Gasteiger partial charge in [-0.25, -0.2) is 8.42 Å². The molecule has 0 radical (unpaired) electrons. The van der Waals surface area contributed by atoms with Gasteiger partial charge in [-0.05, 0) is 49.6 Å². The molecule has 24 heavy (non-hydrogen) atoms. The van der Waals surface area contributed by atoms with E-state index < -0.39 is 10.0 Å². The normalized spacial score (nSPS) is 17.9. The van der Waals surface area contributed by atoms with Crippen molar-refractivity contribution in [2.45, 2.75) is 19.3 Å². The highest BCUT2D eigenvalue weighted by Crippen LogP contribution is 2.29. The van der Waals surface area contributed by atoms with Gasteiger partial charge in [0.1, 0.15) is 0 Å². The van der Waals surface area contributed by atoms with Crippen LogP contribution < -0.4 is 14.9 Å². The van der Waals surface area contributed by atoms with Crippen LogP contribution in [0.2, 0.25) is 0 Å². The average molecular weight is 349 g/mol. The van der Waals surface area contributed by atoms with E-state index in [2.05, 4.69) is 16.7 Å². The lowest BCUT2D eigenvalue weighted by Crippen LogP contribution is -2.35. The topological polar surface area (TPSA) is 78.5 Å². The van der Waals surface area contributed by atoms with Crippen LogP contribution in [-0.4, -0.2) is 46.8 Å². The number of nitrogens with zero attached hydrogens (tertiary/aromatic N) is 1. The van der Waals surface area contributed by atoms with Crippen molar-refractivity contribution in [1.29, 1.82) is 0 Å². The number of carbonyl (C=O) groups excluding carboxylic acids is 1. The van der Waals surface area contributed by atoms with Crippen molar-refractivity contribution in [3.05, 3.63) is 41.0 Å². The lowest BCUT2D eigenvalue weighted by atomic mass is 10.0. The summed E-state index contributed by atoms with van der Waals surface area (Å²) in [7, 11) is -3.28. The largest absolute Gasteiger partial charge is 0.348 e. The van der Waals surface area contributed by atoms with E-state index in [4.69, 9.17) is 0 Å². The Morgan fingerprint density at radius 3 is 2.88 bits per heavy atom. The number of benzene rings is 1. The molecule has 0 spiro atoms. The molecule has 6 nitrogen and oxygen atoms in total. The lowest BCUT2D eigenvalue weighted by Gasteiger charge is -2.29. The fourth-order valence-electron chi connectivity index (χ4n) is 3.17. The molecule has 0 aromatic heterocycles. The third kappa shape index (κ3) is 3.79. The summed E-state index contributed by atoms with van der Waals surface area (Å²) in [4.78, 5) is 12.4. The van der Waals surface area contributed by atoms with Crippen molar-refractivity contribution in [3.8, 4) is 0 Å². The Bertz CT molecular complexity index is 771. The fraction of sp³-hybridized carbons (Fsp3) is 0.471. The minimum absolute atomic E-state index is 0.117. The maximum atomic E-state index is 12.4. The standard InChI is InChI=1S/C17H23N3O3S/c1-24(22,23)20-10-2-3-14-11-15(4-5-16(14)20)17(21)19-12-13-6-8-18-9-7-13/h4-6,11,18H,2-3,7-10,12H2,1H3,(H,19,21). The summed E-state index contributed by atoms with van der Waals surface area (Å²) in [5.74, 6) is -0.117. The van der Waals surface area contributed by atoms with E-state index in [9.17, 15) is 13.2 Å². The number of amides is 1. The molecule has 2 heterocycles. The predicted octanol–water partition coefficient (Wildman–Crippen LogP) is 1.05. The molecule has 0 aliphatic carbocycles. The van der Waals surface area contributed by atoms with Crippen LogP contribution in [0.4, 0.5) is 5.69 Å². The Hall–Kier alpha value is -1.86. The second-order valence-corrected chi connectivity index (χ2v) is 8.19. The minimum atomic E-state index is -3.28. The van der Waals surface area contributed by atoms with E-state index in [1.165, 1.54) is 16.1 Å². The summed E-state index contributed by atoms with van der Waals surface area (Å²) in [6.45, 7) is 2.86. The number of sulfonamides is 1. The Morgan fingerprint density at radius 2 is 2.17 bits per heavy atom. The monoisotopic (exact) mass is 349 g/mol. The Labute approximate surface area is 143 Å². The van der Waals surface area contributed by atoms with Gasteiger partial charge >= 0.3 is 0 Å². The van der Waals surface area contributed by atoms with Gasteiger partial charge in [0.2, 0.25) is 10.0 Å². The molecule has 0 fully saturated rings. The number of rotatable bonds is 4. The van der Waals surface area contributed by atoms with Crippen molar-refractivity contribution in [2.24, 2.45) is 0 Å². The number of fused-ring (bicyclic) bond motifs is 1. The molecular formula is C17H23N3O3S. The highest BCUT2D eigenvalue weighted by Gasteiger charge is 2.24. The van der Waals surface area contributed by atoms with Crippen molar-refractivity contribution < 1.29 is 13.2 Å². The zero-order valence-electron chi connectivity index (χ0n) is 13.8. The first-order chi connectivity index (χ1) is 11.4. The number of hydrogen-bond donors (Lipinski definition) is 2. The number of aryl methyl sites for hydroxylation is 1. The molecule has 0 atom stereocenters. The molecule has 2 aliphatic heterocycles. The molecule has 130 valence electrons. The maximum Gasteiger partial charge on any atom is 0.251 e. The van der Waals surface area contributed by atoms with Gasteiger partial charge in [-0.1, -0.05) is 11.6 Å². The summed E-state index contributed by atoms with van der Waals surface area (Å²) >= 11 is 0. The van der Waals surface area contributed by atoms with Gasteiger partial charge in [0.15, 0.2) is 0 Å². The molecule has 0 saturated carbocycles. The summed E-state index contributed by atoms with van der Waals surface area (Å²) in [6.07, 6.45) is 5.84. The molecule has 2 N–H and O–H groups in total. The number of anilines is 1. The molecule has 0 saturated heterocycles. The van der Waals surface area contributed by atoms with E-state index in [0.29, 0.717) is 24.3 Å². The van der Waals surface area contributed by atoms with Gasteiger partial charge in [0.25, 0.3) is 5.91 Å². The van der Waals surface area contributed by atoms with E-state index in [0.717, 1.165) is 37.9 Å². The number of carbonyl (C=O) groups is 1. The Morgan fingerprint density at radius 1 is 1.33 bits per heavy atom. The first-order valence-electron chi connectivity index (χ1n) is 8.22. The van der Waals surface area contributed by atoms with Crippen molar-refractivity contribution in [2.75, 3.05) is 36.7 Å². The second-order valence-electron chi connectivity index (χ2n) is 6.28. The first-order valence-corrected chi connectivity index (χ1v) is 10.1. The molecule has 7 heteroatoms. The Kier molecular flexibility index (Phi) is 4.91. The molecule has 3 rings (SSSR count). The van der Waals surface area contributed by atoms with Crippen molar-refractivity contribution in [1.82, 2.24) is 10.6 Å². The summed E-state index contributed by atoms with van der Waals surface area (Å²) in [5.41, 5.74) is 3.43. The molecular weight excluding hydrogens is 326 g/mol. The SMILES string of the molecule is CS(=O)(=O)N1CCCc2cc(C(=O)NCC3=CCNCC3)ccc21. The van der Waals surface area contributed by atoms with Gasteiger partial charge in [0.05, 0.1) is 11.9 Å². The third-order valence-electron chi connectivity index (χ3n) is 4.45. The second kappa shape index (κ2) is 6.94. The quantitative estimate of drug-likeness (QED) is 0.797. The van der Waals surface area contributed by atoms with Gasteiger partial charge in [-0.15, -0.1) is 0 Å². The lowest BCUT2D eigenvalue weighted by molar-refractivity contribution is 0.0956. The zero-order chi connectivity index (χ0) is 17.2. The van der Waals surface area contributed by atoms with E-state index in [1.54, 1.807) is 12.1 Å². The van der Waals surface area contributed by atoms with Crippen LogP contribution in [0.15, 0.2) is 29.8 Å². The van der Waals surface area contributed by atoms with Crippen LogP contribution in [0.3, 0.4) is 0 Å². The van der Waals surface area contributed by atoms with Gasteiger partial charge < -0.3 is 10.6 Å². The van der Waals surface area contributed by atoms with Crippen molar-refractivity contribution >= 4 is 21.6 Å². The molecule has 1 amide bonds. The van der Waals surface area contributed by atoms with E-state index >= 15 is 0 Å². The number of nitrogens with one attached hydrogen (secondary N) is 2. The van der Waals surface area contributed by atoms with E-state index in [-0.39, 0.29) is 5.91 Å². The summed E-state index contributed by atoms with van der Waals surface area (Å²) < 4.78 is 25.2.